The Morgan fingerprint density at radius 2 is 2.04 bits per heavy atom. The fourth-order valence-electron chi connectivity index (χ4n) is 3.40. The Labute approximate surface area is 167 Å². The Kier molecular flexibility index (Phi) is 5.61. The van der Waals surface area contributed by atoms with Crippen LogP contribution in [0.15, 0.2) is 40.5 Å². The molecule has 0 N–H and O–H groups in total. The van der Waals surface area contributed by atoms with Crippen LogP contribution in [0.3, 0.4) is 0 Å². The van der Waals surface area contributed by atoms with Crippen molar-refractivity contribution in [1.82, 2.24) is 14.8 Å². The minimum atomic E-state index is 0.00807. The number of fused-ring (bicyclic) bond motifs is 1. The molecule has 1 atom stereocenters. The van der Waals surface area contributed by atoms with Crippen LogP contribution in [0.1, 0.15) is 31.1 Å². The molecule has 0 bridgehead atoms. The number of aromatic nitrogens is 3. The number of ether oxygens (including phenoxy) is 2. The summed E-state index contributed by atoms with van der Waals surface area (Å²) < 4.78 is 14.4. The molecule has 1 aromatic carbocycles. The van der Waals surface area contributed by atoms with E-state index >= 15 is 0 Å². The molecule has 2 aromatic heterocycles. The van der Waals surface area contributed by atoms with E-state index in [2.05, 4.69) is 35.4 Å². The van der Waals surface area contributed by atoms with Gasteiger partial charge in [0, 0.05) is 12.8 Å². The van der Waals surface area contributed by atoms with Gasteiger partial charge in [0.2, 0.25) is 0 Å². The summed E-state index contributed by atoms with van der Waals surface area (Å²) in [5, 5.41) is 6.53. The monoisotopic (exact) mass is 401 g/mol. The highest BCUT2D eigenvalue weighted by Gasteiger charge is 2.21. The topological polar surface area (TPSA) is 49.2 Å². The lowest BCUT2D eigenvalue weighted by Crippen LogP contribution is -2.18. The van der Waals surface area contributed by atoms with Gasteiger partial charge < -0.3 is 9.47 Å². The lowest BCUT2D eigenvalue weighted by atomic mass is 10.1. The molecule has 3 heterocycles. The highest BCUT2D eigenvalue weighted by atomic mass is 32.2. The molecule has 7 heteroatoms. The summed E-state index contributed by atoms with van der Waals surface area (Å²) in [6.07, 6.45) is 11.1. The highest BCUT2D eigenvalue weighted by molar-refractivity contribution is 7.99. The molecular formula is C20H23N3O2S2. The van der Waals surface area contributed by atoms with Crippen molar-refractivity contribution in [3.63, 3.8) is 0 Å². The molecule has 1 fully saturated rings. The summed E-state index contributed by atoms with van der Waals surface area (Å²) >= 11 is 3.26. The van der Waals surface area contributed by atoms with Crippen molar-refractivity contribution < 1.29 is 9.47 Å². The van der Waals surface area contributed by atoms with Crippen LogP contribution in [0, 0.1) is 6.92 Å². The Balaban J connectivity index is 1.79. The van der Waals surface area contributed by atoms with Crippen LogP contribution in [0.4, 0.5) is 0 Å². The van der Waals surface area contributed by atoms with Gasteiger partial charge in [-0.1, -0.05) is 6.07 Å². The number of thioether (sulfide) groups is 2. The molecule has 142 valence electrons. The van der Waals surface area contributed by atoms with Crippen LogP contribution in [-0.4, -0.2) is 33.9 Å². The maximum absolute atomic E-state index is 6.47. The molecule has 1 aliphatic heterocycles. The lowest BCUT2D eigenvalue weighted by molar-refractivity contribution is -0.0366. The zero-order valence-electron chi connectivity index (χ0n) is 15.8. The average molecular weight is 402 g/mol. The summed E-state index contributed by atoms with van der Waals surface area (Å²) in [4.78, 5) is 5.55. The molecule has 4 rings (SSSR count). The van der Waals surface area contributed by atoms with Crippen LogP contribution < -0.4 is 4.74 Å². The van der Waals surface area contributed by atoms with E-state index in [4.69, 9.17) is 9.47 Å². The summed E-state index contributed by atoms with van der Waals surface area (Å²) in [6, 6.07) is 6.19. The van der Waals surface area contributed by atoms with Gasteiger partial charge in [0.15, 0.2) is 12.0 Å². The first-order valence-electron chi connectivity index (χ1n) is 9.06. The standard InChI is InChI=1S/C20H23N3O2S2/c1-13-7-8-15-14(12-22-23(15)17-6-4-5-11-24-17)18(13)25-19-16(26-2)9-10-21-20(19)27-3/h7-10,12,17H,4-6,11H2,1-3H3. The van der Waals surface area contributed by atoms with Gasteiger partial charge in [0.05, 0.1) is 22.0 Å². The molecule has 1 unspecified atom stereocenters. The highest BCUT2D eigenvalue weighted by Crippen LogP contribution is 2.41. The van der Waals surface area contributed by atoms with E-state index in [1.807, 2.05) is 29.4 Å². The second kappa shape index (κ2) is 8.12. The third-order valence-electron chi connectivity index (χ3n) is 4.81. The molecule has 0 aliphatic carbocycles. The Hall–Kier alpha value is -1.70. The molecule has 27 heavy (non-hydrogen) atoms. The molecule has 1 saturated heterocycles. The maximum Gasteiger partial charge on any atom is 0.173 e. The number of benzene rings is 1. The van der Waals surface area contributed by atoms with Crippen LogP contribution in [-0.2, 0) is 4.74 Å². The van der Waals surface area contributed by atoms with Crippen LogP contribution in [0.5, 0.6) is 11.5 Å². The number of nitrogens with zero attached hydrogens (tertiary/aromatic N) is 3. The number of rotatable bonds is 5. The van der Waals surface area contributed by atoms with Gasteiger partial charge in [-0.05, 0) is 56.4 Å². The van der Waals surface area contributed by atoms with Gasteiger partial charge >= 0.3 is 0 Å². The lowest BCUT2D eigenvalue weighted by Gasteiger charge is -2.23. The second-order valence-electron chi connectivity index (χ2n) is 6.51. The van der Waals surface area contributed by atoms with Crippen molar-refractivity contribution in [2.75, 3.05) is 19.1 Å². The fraction of sp³-hybridized carbons (Fsp3) is 0.400. The molecular weight excluding hydrogens is 378 g/mol. The van der Waals surface area contributed by atoms with Gasteiger partial charge in [0.25, 0.3) is 0 Å². The van der Waals surface area contributed by atoms with Crippen molar-refractivity contribution >= 4 is 34.4 Å². The number of hydrogen-bond donors (Lipinski definition) is 0. The first-order valence-corrected chi connectivity index (χ1v) is 11.5. The quantitative estimate of drug-likeness (QED) is 0.513. The van der Waals surface area contributed by atoms with Gasteiger partial charge in [0.1, 0.15) is 10.8 Å². The minimum absolute atomic E-state index is 0.00807. The molecule has 0 spiro atoms. The summed E-state index contributed by atoms with van der Waals surface area (Å²) in [6.45, 7) is 2.86. The zero-order chi connectivity index (χ0) is 18.8. The second-order valence-corrected chi connectivity index (χ2v) is 8.15. The normalized spacial score (nSPS) is 17.4. The van der Waals surface area contributed by atoms with Gasteiger partial charge in [-0.2, -0.15) is 5.10 Å². The molecule has 0 saturated carbocycles. The van der Waals surface area contributed by atoms with E-state index in [0.29, 0.717) is 0 Å². The molecule has 0 radical (unpaired) electrons. The Morgan fingerprint density at radius 1 is 1.15 bits per heavy atom. The van der Waals surface area contributed by atoms with E-state index in [9.17, 15) is 0 Å². The third-order valence-corrected chi connectivity index (χ3v) is 6.25. The first-order chi connectivity index (χ1) is 13.2. The van der Waals surface area contributed by atoms with E-state index in [-0.39, 0.29) is 6.23 Å². The van der Waals surface area contributed by atoms with E-state index in [1.54, 1.807) is 23.5 Å². The zero-order valence-corrected chi connectivity index (χ0v) is 17.4. The van der Waals surface area contributed by atoms with Gasteiger partial charge in [-0.25, -0.2) is 9.67 Å². The van der Waals surface area contributed by atoms with Crippen molar-refractivity contribution in [1.29, 1.82) is 0 Å². The van der Waals surface area contributed by atoms with Crippen molar-refractivity contribution in [2.45, 2.75) is 42.3 Å². The van der Waals surface area contributed by atoms with Crippen molar-refractivity contribution in [3.05, 3.63) is 36.2 Å². The molecule has 1 aliphatic rings. The summed E-state index contributed by atoms with van der Waals surface area (Å²) in [7, 11) is 0. The molecule has 5 nitrogen and oxygen atoms in total. The Bertz CT molecular complexity index is 930. The predicted molar refractivity (Wildman–Crippen MR) is 111 cm³/mol. The van der Waals surface area contributed by atoms with E-state index < -0.39 is 0 Å². The molecule has 0 amide bonds. The third kappa shape index (κ3) is 3.56. The van der Waals surface area contributed by atoms with Crippen molar-refractivity contribution in [3.8, 4) is 11.5 Å². The number of pyridine rings is 1. The van der Waals surface area contributed by atoms with Crippen LogP contribution in [0.2, 0.25) is 0 Å². The van der Waals surface area contributed by atoms with Crippen molar-refractivity contribution in [2.24, 2.45) is 0 Å². The largest absolute Gasteiger partial charge is 0.452 e. The van der Waals surface area contributed by atoms with E-state index in [0.717, 1.165) is 57.3 Å². The van der Waals surface area contributed by atoms with Gasteiger partial charge in [-0.15, -0.1) is 23.5 Å². The van der Waals surface area contributed by atoms with Gasteiger partial charge in [-0.3, -0.25) is 0 Å². The number of aryl methyl sites for hydroxylation is 1. The first kappa shape index (κ1) is 18.7. The smallest absolute Gasteiger partial charge is 0.173 e. The Morgan fingerprint density at radius 3 is 2.78 bits per heavy atom. The van der Waals surface area contributed by atoms with E-state index in [1.165, 1.54) is 6.42 Å². The minimum Gasteiger partial charge on any atom is -0.452 e. The van der Waals surface area contributed by atoms with Crippen LogP contribution in [0.25, 0.3) is 10.9 Å². The predicted octanol–water partition coefficient (Wildman–Crippen LogP) is 5.67. The SMILES string of the molecule is CSc1ccnc(SC)c1Oc1c(C)ccc2c1cnn2C1CCCCO1. The average Bonchev–Trinajstić information content (AvgIpc) is 3.15. The fourth-order valence-corrected chi connectivity index (χ4v) is 4.49. The maximum atomic E-state index is 6.47. The summed E-state index contributed by atoms with van der Waals surface area (Å²) in [5.41, 5.74) is 2.12. The molecule has 3 aromatic rings. The van der Waals surface area contributed by atoms with Crippen LogP contribution >= 0.6 is 23.5 Å². The summed E-state index contributed by atoms with van der Waals surface area (Å²) in [5.74, 6) is 1.66. The number of hydrogen-bond acceptors (Lipinski definition) is 6.